The quantitative estimate of drug-likeness (QED) is 0.0904. The molecule has 0 aliphatic carbocycles. The van der Waals surface area contributed by atoms with Gasteiger partial charge in [-0.2, -0.15) is 0 Å². The fraction of sp³-hybridized carbons (Fsp3) is 0. The molecule has 0 saturated heterocycles. The van der Waals surface area contributed by atoms with E-state index in [-0.39, 0.29) is 0 Å². The van der Waals surface area contributed by atoms with E-state index in [2.05, 4.69) is 308 Å². The second-order valence-corrected chi connectivity index (χ2v) is 28.6. The molecule has 82 heavy (non-hydrogen) atoms. The third kappa shape index (κ3) is 8.00. The van der Waals surface area contributed by atoms with E-state index < -0.39 is 16.1 Å². The lowest BCUT2D eigenvalue weighted by Gasteiger charge is -2.34. The molecular formula is C75H52N4OSi2. The molecule has 0 aliphatic rings. The van der Waals surface area contributed by atoms with Crippen LogP contribution in [-0.4, -0.2) is 35.7 Å². The van der Waals surface area contributed by atoms with Crippen molar-refractivity contribution in [3.8, 4) is 39.9 Å². The average molecular weight is 1080 g/mol. The van der Waals surface area contributed by atoms with E-state index in [0.29, 0.717) is 17.5 Å². The second kappa shape index (κ2) is 20.4. The van der Waals surface area contributed by atoms with E-state index in [0.717, 1.165) is 66.1 Å². The highest BCUT2D eigenvalue weighted by molar-refractivity contribution is 7.20. The Kier molecular flexibility index (Phi) is 12.1. The molecule has 0 amide bonds. The van der Waals surface area contributed by atoms with E-state index >= 15 is 0 Å². The highest BCUT2D eigenvalue weighted by Gasteiger charge is 2.43. The molecule has 0 saturated carbocycles. The number of nitrogens with zero attached hydrogens (tertiary/aromatic N) is 4. The van der Waals surface area contributed by atoms with Gasteiger partial charge >= 0.3 is 0 Å². The number of benzene rings is 12. The molecule has 5 nitrogen and oxygen atoms in total. The van der Waals surface area contributed by atoms with Crippen LogP contribution in [0.3, 0.4) is 0 Å². The maximum atomic E-state index is 6.74. The number of aromatic nitrogens is 4. The summed E-state index contributed by atoms with van der Waals surface area (Å²) in [4.78, 5) is 17.1. The first-order chi connectivity index (χ1) is 40.7. The molecule has 15 rings (SSSR count). The maximum Gasteiger partial charge on any atom is 0.179 e. The highest BCUT2D eigenvalue weighted by Crippen LogP contribution is 2.41. The molecule has 0 aliphatic heterocycles. The number of fused-ring (bicyclic) bond motifs is 6. The van der Waals surface area contributed by atoms with Crippen LogP contribution in [0.2, 0.25) is 0 Å². The first-order valence-corrected chi connectivity index (χ1v) is 31.9. The number of hydrogen-bond acceptors (Lipinski definition) is 4. The lowest BCUT2D eigenvalue weighted by atomic mass is 10.1. The highest BCUT2D eigenvalue weighted by atomic mass is 28.3. The molecule has 0 spiro atoms. The van der Waals surface area contributed by atoms with Crippen LogP contribution in [0.25, 0.3) is 83.6 Å². The van der Waals surface area contributed by atoms with Crippen LogP contribution >= 0.6 is 0 Å². The van der Waals surface area contributed by atoms with Crippen molar-refractivity contribution in [3.05, 3.63) is 315 Å². The second-order valence-electron chi connectivity index (χ2n) is 21.0. The minimum Gasteiger partial charge on any atom is -0.456 e. The summed E-state index contributed by atoms with van der Waals surface area (Å²) >= 11 is 0. The Morgan fingerprint density at radius 2 is 0.598 bits per heavy atom. The number of rotatable bonds is 12. The zero-order chi connectivity index (χ0) is 54.5. The Bertz CT molecular complexity index is 4370. The Morgan fingerprint density at radius 3 is 1.01 bits per heavy atom. The van der Waals surface area contributed by atoms with Gasteiger partial charge in [-0.25, -0.2) is 15.0 Å². The molecule has 3 heterocycles. The van der Waals surface area contributed by atoms with E-state index in [4.69, 9.17) is 19.4 Å². The third-order valence-electron chi connectivity index (χ3n) is 16.5. The maximum absolute atomic E-state index is 6.74. The summed E-state index contributed by atoms with van der Waals surface area (Å²) in [6.45, 7) is 0. The summed E-state index contributed by atoms with van der Waals surface area (Å²) in [5.41, 5.74) is 7.30. The summed E-state index contributed by atoms with van der Waals surface area (Å²) < 4.78 is 9.10. The van der Waals surface area contributed by atoms with Gasteiger partial charge in [0.2, 0.25) is 0 Å². The Balaban J connectivity index is 1.03. The number of para-hydroxylation sites is 3. The third-order valence-corrected chi connectivity index (χ3v) is 26.1. The van der Waals surface area contributed by atoms with Crippen LogP contribution in [0.4, 0.5) is 0 Å². The van der Waals surface area contributed by atoms with Crippen molar-refractivity contribution in [2.75, 3.05) is 0 Å². The van der Waals surface area contributed by atoms with Crippen molar-refractivity contribution < 1.29 is 4.42 Å². The molecule has 0 bridgehead atoms. The van der Waals surface area contributed by atoms with Crippen molar-refractivity contribution in [2.24, 2.45) is 0 Å². The lowest BCUT2D eigenvalue weighted by molar-refractivity contribution is 0.668. The van der Waals surface area contributed by atoms with Crippen molar-refractivity contribution in [1.29, 1.82) is 0 Å². The van der Waals surface area contributed by atoms with Gasteiger partial charge in [0.05, 0.1) is 16.7 Å². The SMILES string of the molecule is c1ccc([Si](c2ccccc2)(c2ccccc2)c2cccc(-c3nc(-c4cccc([Si](c5ccccc5)(c5ccccc5)c5ccccc5)c4)nc(-c4cc5c(cc4-n4c6ccccc6c6ccccc64)oc4ccccc45)n3)c2)cc1. The molecule has 0 fully saturated rings. The summed E-state index contributed by atoms with van der Waals surface area (Å²) in [7, 11) is -5.94. The van der Waals surface area contributed by atoms with Crippen LogP contribution in [0.15, 0.2) is 320 Å². The largest absolute Gasteiger partial charge is 0.456 e. The molecule has 3 aromatic heterocycles. The molecule has 0 radical (unpaired) electrons. The zero-order valence-corrected chi connectivity index (χ0v) is 46.7. The normalized spacial score (nSPS) is 11.9. The first kappa shape index (κ1) is 48.8. The van der Waals surface area contributed by atoms with Crippen molar-refractivity contribution in [2.45, 2.75) is 0 Å². The van der Waals surface area contributed by atoms with E-state index in [9.17, 15) is 0 Å². The van der Waals surface area contributed by atoms with Gasteiger partial charge in [0, 0.05) is 44.3 Å². The van der Waals surface area contributed by atoms with Crippen molar-refractivity contribution >= 4 is 101 Å². The van der Waals surface area contributed by atoms with Gasteiger partial charge in [-0.15, -0.1) is 0 Å². The number of hydrogen-bond donors (Lipinski definition) is 0. The van der Waals surface area contributed by atoms with Gasteiger partial charge in [0.1, 0.15) is 11.2 Å². The summed E-state index contributed by atoms with van der Waals surface area (Å²) in [5.74, 6) is 1.70. The van der Waals surface area contributed by atoms with Crippen LogP contribution < -0.4 is 41.5 Å². The van der Waals surface area contributed by atoms with Gasteiger partial charge in [-0.05, 0) is 65.8 Å². The van der Waals surface area contributed by atoms with Gasteiger partial charge in [0.25, 0.3) is 0 Å². The van der Waals surface area contributed by atoms with Gasteiger partial charge < -0.3 is 8.98 Å². The number of furan rings is 1. The van der Waals surface area contributed by atoms with Crippen LogP contribution in [0.5, 0.6) is 0 Å². The molecular weight excluding hydrogens is 1030 g/mol. The standard InChI is InChI=1S/C75H52N4OSi2/c1-7-29-55(30-8-1)81(56-31-9-2-10-32-56,57-33-11-3-12-34-57)61-41-25-27-53(49-61)73-76-74(54-28-26-42-62(50-54)82(58-35-13-4-14-36-58,59-37-15-5-16-38-59)60-39-17-6-18-40-60)78-75(77-73)67-51-66-65-45-21-24-48-71(65)80-72(66)52-70(67)79-68-46-22-19-43-63(68)64-44-20-23-47-69(64)79/h1-52H. The van der Waals surface area contributed by atoms with E-state index in [1.807, 2.05) is 12.1 Å². The fourth-order valence-corrected chi connectivity index (χ4v) is 22.6. The van der Waals surface area contributed by atoms with Crippen LogP contribution in [0.1, 0.15) is 0 Å². The molecule has 0 unspecified atom stereocenters. The topological polar surface area (TPSA) is 56.7 Å². The van der Waals surface area contributed by atoms with Crippen LogP contribution in [-0.2, 0) is 0 Å². The lowest BCUT2D eigenvalue weighted by Crippen LogP contribution is -2.74. The average Bonchev–Trinajstić information content (AvgIpc) is 2.81. The first-order valence-electron chi connectivity index (χ1n) is 27.9. The summed E-state index contributed by atoms with van der Waals surface area (Å²) in [5, 5.41) is 14.5. The van der Waals surface area contributed by atoms with E-state index in [1.54, 1.807) is 0 Å². The minimum absolute atomic E-state index is 0.551. The molecule has 12 aromatic carbocycles. The Morgan fingerprint density at radius 1 is 0.256 bits per heavy atom. The Labute approximate surface area is 477 Å². The van der Waals surface area contributed by atoms with Gasteiger partial charge in [-0.1, -0.05) is 285 Å². The summed E-state index contributed by atoms with van der Waals surface area (Å²) in [6.07, 6.45) is 0. The van der Waals surface area contributed by atoms with Crippen molar-refractivity contribution in [1.82, 2.24) is 19.5 Å². The molecule has 7 heteroatoms. The smallest absolute Gasteiger partial charge is 0.179 e. The van der Waals surface area contributed by atoms with Crippen LogP contribution in [0, 0.1) is 0 Å². The van der Waals surface area contributed by atoms with Gasteiger partial charge in [0.15, 0.2) is 33.6 Å². The monoisotopic (exact) mass is 1080 g/mol. The Hall–Kier alpha value is -10.3. The molecule has 0 atom stereocenters. The molecule has 0 N–H and O–H groups in total. The fourth-order valence-electron chi connectivity index (χ4n) is 13.0. The van der Waals surface area contributed by atoms with Crippen molar-refractivity contribution in [3.63, 3.8) is 0 Å². The zero-order valence-electron chi connectivity index (χ0n) is 44.7. The molecule has 15 aromatic rings. The van der Waals surface area contributed by atoms with E-state index in [1.165, 1.54) is 41.5 Å². The summed E-state index contributed by atoms with van der Waals surface area (Å²) in [6, 6.07) is 114. The predicted octanol–water partition coefficient (Wildman–Crippen LogP) is 12.6. The minimum atomic E-state index is -2.97. The van der Waals surface area contributed by atoms with Gasteiger partial charge in [-0.3, -0.25) is 0 Å². The predicted molar refractivity (Wildman–Crippen MR) is 345 cm³/mol. The molecule has 386 valence electrons.